The summed E-state index contributed by atoms with van der Waals surface area (Å²) in [6.45, 7) is 5.52. The van der Waals surface area contributed by atoms with Gasteiger partial charge in [-0.25, -0.2) is 0 Å². The number of hydrogen-bond acceptors (Lipinski definition) is 5. The number of ether oxygens (including phenoxy) is 2. The number of rotatable bonds is 9. The Hall–Kier alpha value is -3.06. The number of nitrogens with two attached hydrogens (primary N) is 1. The predicted octanol–water partition coefficient (Wildman–Crippen LogP) is 1.87. The zero-order chi connectivity index (χ0) is 20.8. The van der Waals surface area contributed by atoms with E-state index in [9.17, 15) is 9.59 Å². The van der Waals surface area contributed by atoms with Crippen LogP contribution in [-0.2, 0) is 11.2 Å². The van der Waals surface area contributed by atoms with Gasteiger partial charge in [0.1, 0.15) is 18.1 Å². The summed E-state index contributed by atoms with van der Waals surface area (Å²) in [7, 11) is 0. The molecule has 1 atom stereocenters. The molecule has 1 heterocycles. The van der Waals surface area contributed by atoms with Crippen LogP contribution in [0.15, 0.2) is 42.5 Å². The summed E-state index contributed by atoms with van der Waals surface area (Å²) in [4.78, 5) is 25.8. The maximum atomic E-state index is 12.7. The third-order valence-corrected chi connectivity index (χ3v) is 4.90. The van der Waals surface area contributed by atoms with Gasteiger partial charge in [0, 0.05) is 0 Å². The number of benzene rings is 2. The number of carbonyl (C=O) groups is 2. The van der Waals surface area contributed by atoms with Gasteiger partial charge in [0.15, 0.2) is 6.73 Å². The highest BCUT2D eigenvalue weighted by Crippen LogP contribution is 2.27. The van der Waals surface area contributed by atoms with Crippen LogP contribution in [0.3, 0.4) is 0 Å². The van der Waals surface area contributed by atoms with E-state index in [0.717, 1.165) is 11.1 Å². The van der Waals surface area contributed by atoms with E-state index in [2.05, 4.69) is 5.32 Å². The lowest BCUT2D eigenvalue weighted by atomic mass is 10.1. The Morgan fingerprint density at radius 1 is 1.28 bits per heavy atom. The second-order valence-corrected chi connectivity index (χ2v) is 7.00. The van der Waals surface area contributed by atoms with Crippen LogP contribution in [0.5, 0.6) is 11.5 Å². The molecule has 0 saturated carbocycles. The fourth-order valence-electron chi connectivity index (χ4n) is 3.32. The zero-order valence-corrected chi connectivity index (χ0v) is 16.8. The van der Waals surface area contributed by atoms with Crippen molar-refractivity contribution in [2.45, 2.75) is 26.3 Å². The lowest BCUT2D eigenvalue weighted by Crippen LogP contribution is -2.42. The molecule has 0 radical (unpaired) electrons. The fraction of sp³-hybridized carbons (Fsp3) is 0.364. The number of nitrogens with one attached hydrogen (secondary N) is 1. The van der Waals surface area contributed by atoms with E-state index in [-0.39, 0.29) is 24.6 Å². The SMILES string of the molecule is CCNC(Cc1ccc(OCCN2COc3cccc(C)c3C2=O)cc1)C(N)=O. The number of nitrogens with zero attached hydrogens (tertiary/aromatic N) is 1. The van der Waals surface area contributed by atoms with Crippen molar-refractivity contribution in [3.63, 3.8) is 0 Å². The van der Waals surface area contributed by atoms with E-state index < -0.39 is 0 Å². The van der Waals surface area contributed by atoms with Crippen molar-refractivity contribution in [1.82, 2.24) is 10.2 Å². The normalized spacial score (nSPS) is 14.1. The number of hydrogen-bond donors (Lipinski definition) is 2. The van der Waals surface area contributed by atoms with Crippen molar-refractivity contribution in [3.05, 3.63) is 59.2 Å². The van der Waals surface area contributed by atoms with Gasteiger partial charge >= 0.3 is 0 Å². The third-order valence-electron chi connectivity index (χ3n) is 4.90. The molecule has 1 aliphatic heterocycles. The van der Waals surface area contributed by atoms with Crippen molar-refractivity contribution in [2.24, 2.45) is 5.73 Å². The minimum Gasteiger partial charge on any atom is -0.492 e. The highest BCUT2D eigenvalue weighted by atomic mass is 16.5. The molecule has 0 fully saturated rings. The van der Waals surface area contributed by atoms with Gasteiger partial charge in [-0.15, -0.1) is 0 Å². The van der Waals surface area contributed by atoms with Gasteiger partial charge in [-0.2, -0.15) is 0 Å². The molecule has 3 N–H and O–H groups in total. The Morgan fingerprint density at radius 2 is 2.03 bits per heavy atom. The minimum atomic E-state index is -0.386. The van der Waals surface area contributed by atoms with Gasteiger partial charge in [-0.05, 0) is 49.2 Å². The first-order chi connectivity index (χ1) is 14.0. The van der Waals surface area contributed by atoms with E-state index in [4.69, 9.17) is 15.2 Å². The van der Waals surface area contributed by atoms with Gasteiger partial charge in [-0.3, -0.25) is 9.59 Å². The molecule has 0 aromatic heterocycles. The molecule has 0 aliphatic carbocycles. The molecule has 7 nitrogen and oxygen atoms in total. The molecule has 0 spiro atoms. The van der Waals surface area contributed by atoms with Gasteiger partial charge in [0.2, 0.25) is 5.91 Å². The summed E-state index contributed by atoms with van der Waals surface area (Å²) in [5, 5.41) is 3.08. The quantitative estimate of drug-likeness (QED) is 0.674. The molecular weight excluding hydrogens is 370 g/mol. The molecule has 0 bridgehead atoms. The Morgan fingerprint density at radius 3 is 2.72 bits per heavy atom. The molecule has 154 valence electrons. The zero-order valence-electron chi connectivity index (χ0n) is 16.8. The number of aryl methyl sites for hydroxylation is 1. The predicted molar refractivity (Wildman–Crippen MR) is 110 cm³/mol. The highest BCUT2D eigenvalue weighted by Gasteiger charge is 2.26. The summed E-state index contributed by atoms with van der Waals surface area (Å²) < 4.78 is 11.5. The third kappa shape index (κ3) is 5.06. The monoisotopic (exact) mass is 397 g/mol. The van der Waals surface area contributed by atoms with Crippen molar-refractivity contribution < 1.29 is 19.1 Å². The van der Waals surface area contributed by atoms with Crippen molar-refractivity contribution >= 4 is 11.8 Å². The summed E-state index contributed by atoms with van der Waals surface area (Å²) >= 11 is 0. The first-order valence-corrected chi connectivity index (χ1v) is 9.75. The molecule has 29 heavy (non-hydrogen) atoms. The van der Waals surface area contributed by atoms with Gasteiger partial charge in [0.25, 0.3) is 5.91 Å². The second-order valence-electron chi connectivity index (χ2n) is 7.00. The molecule has 2 aromatic carbocycles. The Balaban J connectivity index is 1.52. The van der Waals surface area contributed by atoms with Crippen LogP contribution in [0.2, 0.25) is 0 Å². The average Bonchev–Trinajstić information content (AvgIpc) is 2.70. The van der Waals surface area contributed by atoms with Crippen molar-refractivity contribution in [1.29, 1.82) is 0 Å². The smallest absolute Gasteiger partial charge is 0.260 e. The minimum absolute atomic E-state index is 0.0378. The Bertz CT molecular complexity index is 867. The molecule has 3 rings (SSSR count). The first-order valence-electron chi connectivity index (χ1n) is 9.75. The van der Waals surface area contributed by atoms with E-state index in [0.29, 0.717) is 43.2 Å². The van der Waals surface area contributed by atoms with Crippen molar-refractivity contribution in [3.8, 4) is 11.5 Å². The van der Waals surface area contributed by atoms with Crippen LogP contribution >= 0.6 is 0 Å². The number of fused-ring (bicyclic) bond motifs is 1. The summed E-state index contributed by atoms with van der Waals surface area (Å²) in [5.74, 6) is 0.936. The second kappa shape index (κ2) is 9.43. The highest BCUT2D eigenvalue weighted by molar-refractivity contribution is 5.99. The van der Waals surface area contributed by atoms with Gasteiger partial charge < -0.3 is 25.4 Å². The fourth-order valence-corrected chi connectivity index (χ4v) is 3.32. The van der Waals surface area contributed by atoms with Crippen LogP contribution < -0.4 is 20.5 Å². The van der Waals surface area contributed by atoms with Crippen LogP contribution in [-0.4, -0.2) is 49.2 Å². The van der Waals surface area contributed by atoms with E-state index in [1.54, 1.807) is 4.90 Å². The maximum absolute atomic E-state index is 12.7. The molecule has 0 saturated heterocycles. The molecule has 1 unspecified atom stereocenters. The molecule has 7 heteroatoms. The Kier molecular flexibility index (Phi) is 6.72. The van der Waals surface area contributed by atoms with Crippen molar-refractivity contribution in [2.75, 3.05) is 26.4 Å². The molecular formula is C22H27N3O4. The number of carbonyl (C=O) groups excluding carboxylic acids is 2. The van der Waals surface area contributed by atoms with Gasteiger partial charge in [-0.1, -0.05) is 31.2 Å². The lowest BCUT2D eigenvalue weighted by Gasteiger charge is -2.29. The maximum Gasteiger partial charge on any atom is 0.260 e. The summed E-state index contributed by atoms with van der Waals surface area (Å²) in [6.07, 6.45) is 0.530. The standard InChI is InChI=1S/C22H27N3O4/c1-3-24-18(21(23)26)13-16-7-9-17(10-8-16)28-12-11-25-14-29-19-6-4-5-15(2)20(19)22(25)27/h4-10,18,24H,3,11-14H2,1-2H3,(H2,23,26). The molecule has 1 aliphatic rings. The van der Waals surface area contributed by atoms with Crippen LogP contribution in [0.25, 0.3) is 0 Å². The van der Waals surface area contributed by atoms with Crippen LogP contribution in [0.1, 0.15) is 28.4 Å². The average molecular weight is 397 g/mol. The summed E-state index contributed by atoms with van der Waals surface area (Å²) in [5.41, 5.74) is 7.93. The van der Waals surface area contributed by atoms with E-state index in [1.807, 2.05) is 56.3 Å². The summed E-state index contributed by atoms with van der Waals surface area (Å²) in [6, 6.07) is 12.8. The topological polar surface area (TPSA) is 93.9 Å². The van der Waals surface area contributed by atoms with Gasteiger partial charge in [0.05, 0.1) is 18.2 Å². The van der Waals surface area contributed by atoms with Crippen LogP contribution in [0.4, 0.5) is 0 Å². The molecule has 2 aromatic rings. The first kappa shape index (κ1) is 20.7. The number of likely N-dealkylation sites (N-methyl/N-ethyl adjacent to an activating group) is 1. The number of primary amides is 1. The van der Waals surface area contributed by atoms with E-state index in [1.165, 1.54) is 0 Å². The largest absolute Gasteiger partial charge is 0.492 e. The number of amides is 2. The lowest BCUT2D eigenvalue weighted by molar-refractivity contribution is -0.120. The van der Waals surface area contributed by atoms with Crippen LogP contribution in [0, 0.1) is 6.92 Å². The molecule has 2 amide bonds. The Labute approximate surface area is 170 Å². The van der Waals surface area contributed by atoms with E-state index >= 15 is 0 Å².